The Bertz CT molecular complexity index is 1460. The first-order valence-electron chi connectivity index (χ1n) is 10.5. The van der Waals surface area contributed by atoms with Gasteiger partial charge in [-0.25, -0.2) is 0 Å². The van der Waals surface area contributed by atoms with Crippen LogP contribution in [0.2, 0.25) is 0 Å². The summed E-state index contributed by atoms with van der Waals surface area (Å²) in [5.74, 6) is -0.958. The predicted octanol–water partition coefficient (Wildman–Crippen LogP) is 4.54. The number of benzene rings is 3. The Morgan fingerprint density at radius 2 is 1.65 bits per heavy atom. The number of hydrogen-bond acceptors (Lipinski definition) is 6. The van der Waals surface area contributed by atoms with E-state index < -0.39 is 16.7 Å². The summed E-state index contributed by atoms with van der Waals surface area (Å²) in [7, 11) is 0. The van der Waals surface area contributed by atoms with Crippen molar-refractivity contribution in [3.05, 3.63) is 118 Å². The molecule has 4 aromatic rings. The second kappa shape index (κ2) is 8.59. The molecule has 0 aliphatic carbocycles. The molecular formula is C26H18N4O4. The van der Waals surface area contributed by atoms with Gasteiger partial charge in [-0.15, -0.1) is 0 Å². The molecule has 34 heavy (non-hydrogen) atoms. The topological polar surface area (TPSA) is 105 Å². The second-order valence-electron chi connectivity index (χ2n) is 7.76. The lowest BCUT2D eigenvalue weighted by Gasteiger charge is -2.15. The first-order chi connectivity index (χ1) is 16.5. The molecular weight excluding hydrogens is 432 g/mol. The van der Waals surface area contributed by atoms with E-state index >= 15 is 0 Å². The highest BCUT2D eigenvalue weighted by Crippen LogP contribution is 2.34. The quantitative estimate of drug-likeness (QED) is 0.263. The maximum Gasteiger partial charge on any atom is 0.278 e. The molecule has 166 valence electrons. The fourth-order valence-corrected chi connectivity index (χ4v) is 4.00. The third-order valence-electron chi connectivity index (χ3n) is 5.65. The molecule has 5 rings (SSSR count). The van der Waals surface area contributed by atoms with Gasteiger partial charge in [-0.2, -0.15) is 0 Å². The van der Waals surface area contributed by atoms with Crippen LogP contribution in [0.15, 0.2) is 97.0 Å². The van der Waals surface area contributed by atoms with Gasteiger partial charge in [-0.1, -0.05) is 42.5 Å². The van der Waals surface area contributed by atoms with Gasteiger partial charge in [0.15, 0.2) is 0 Å². The highest BCUT2D eigenvalue weighted by molar-refractivity contribution is 6.36. The summed E-state index contributed by atoms with van der Waals surface area (Å²) in [5.41, 5.74) is 1.99. The number of carbonyl (C=O) groups is 2. The maximum atomic E-state index is 13.5. The van der Waals surface area contributed by atoms with Gasteiger partial charge in [-0.3, -0.25) is 29.6 Å². The van der Waals surface area contributed by atoms with E-state index in [1.807, 2.05) is 42.5 Å². The fourth-order valence-electron chi connectivity index (χ4n) is 4.00. The van der Waals surface area contributed by atoms with Crippen LogP contribution in [0.5, 0.6) is 0 Å². The number of imide groups is 1. The van der Waals surface area contributed by atoms with Gasteiger partial charge in [0.2, 0.25) is 0 Å². The van der Waals surface area contributed by atoms with Crippen molar-refractivity contribution in [1.82, 2.24) is 9.88 Å². The van der Waals surface area contributed by atoms with E-state index in [2.05, 4.69) is 10.3 Å². The number of aromatic nitrogens is 1. The van der Waals surface area contributed by atoms with E-state index in [4.69, 9.17) is 0 Å². The van der Waals surface area contributed by atoms with Crippen LogP contribution in [0.3, 0.4) is 0 Å². The van der Waals surface area contributed by atoms with E-state index in [0.717, 1.165) is 15.7 Å². The number of nitrogens with zero attached hydrogens (tertiary/aromatic N) is 3. The van der Waals surface area contributed by atoms with E-state index in [-0.39, 0.29) is 23.5 Å². The molecule has 1 N–H and O–H groups in total. The zero-order valence-corrected chi connectivity index (χ0v) is 17.8. The standard InChI is InChI=1S/C26H18N4O4/c31-25-23(19-10-12-20(13-11-19)30(33)34)24(26(32)29(25)16-17-5-4-14-27-15-17)28-22-9-3-7-18-6-1-2-8-21(18)22/h1-15,28H,16H2. The lowest BCUT2D eigenvalue weighted by molar-refractivity contribution is -0.384. The molecule has 0 fully saturated rings. The third kappa shape index (κ3) is 3.77. The minimum atomic E-state index is -0.510. The van der Waals surface area contributed by atoms with Crippen molar-refractivity contribution in [1.29, 1.82) is 0 Å². The molecule has 0 saturated carbocycles. The molecule has 3 aromatic carbocycles. The number of nitro groups is 1. The molecule has 0 saturated heterocycles. The Morgan fingerprint density at radius 3 is 2.38 bits per heavy atom. The number of anilines is 1. The first kappa shape index (κ1) is 21.0. The molecule has 2 amide bonds. The molecule has 8 nitrogen and oxygen atoms in total. The normalized spacial score (nSPS) is 13.6. The van der Waals surface area contributed by atoms with Crippen molar-refractivity contribution >= 4 is 39.5 Å². The average molecular weight is 450 g/mol. The number of nitro benzene ring substituents is 1. The smallest absolute Gasteiger partial charge is 0.278 e. The molecule has 0 unspecified atom stereocenters. The van der Waals surface area contributed by atoms with Crippen LogP contribution in [0.1, 0.15) is 11.1 Å². The molecule has 0 atom stereocenters. The number of rotatable bonds is 6. The van der Waals surface area contributed by atoms with Crippen molar-refractivity contribution in [2.45, 2.75) is 6.54 Å². The lowest BCUT2D eigenvalue weighted by Crippen LogP contribution is -2.32. The van der Waals surface area contributed by atoms with E-state index in [1.54, 1.807) is 24.5 Å². The second-order valence-corrected chi connectivity index (χ2v) is 7.76. The van der Waals surface area contributed by atoms with Gasteiger partial charge in [0, 0.05) is 35.6 Å². The summed E-state index contributed by atoms with van der Waals surface area (Å²) in [6, 6.07) is 22.5. The molecule has 0 bridgehead atoms. The average Bonchev–Trinajstić information content (AvgIpc) is 3.09. The van der Waals surface area contributed by atoms with Crippen molar-refractivity contribution in [2.24, 2.45) is 0 Å². The van der Waals surface area contributed by atoms with Gasteiger partial charge < -0.3 is 5.32 Å². The van der Waals surface area contributed by atoms with Gasteiger partial charge in [0.25, 0.3) is 17.5 Å². The van der Waals surface area contributed by atoms with Crippen LogP contribution in [-0.2, 0) is 16.1 Å². The molecule has 1 aliphatic rings. The van der Waals surface area contributed by atoms with Crippen LogP contribution in [0.25, 0.3) is 16.3 Å². The summed E-state index contributed by atoms with van der Waals surface area (Å²) < 4.78 is 0. The highest BCUT2D eigenvalue weighted by atomic mass is 16.6. The van der Waals surface area contributed by atoms with Gasteiger partial charge in [-0.05, 0) is 40.8 Å². The number of hydrogen-bond donors (Lipinski definition) is 1. The van der Waals surface area contributed by atoms with Crippen LogP contribution < -0.4 is 5.32 Å². The van der Waals surface area contributed by atoms with Crippen LogP contribution >= 0.6 is 0 Å². The van der Waals surface area contributed by atoms with Crippen molar-refractivity contribution in [3.8, 4) is 0 Å². The van der Waals surface area contributed by atoms with Crippen molar-refractivity contribution < 1.29 is 14.5 Å². The van der Waals surface area contributed by atoms with Gasteiger partial charge in [0.05, 0.1) is 17.0 Å². The number of nitrogens with one attached hydrogen (secondary N) is 1. The minimum absolute atomic E-state index is 0.0582. The molecule has 1 aromatic heterocycles. The predicted molar refractivity (Wildman–Crippen MR) is 127 cm³/mol. The number of amides is 2. The number of carbonyl (C=O) groups excluding carboxylic acids is 2. The summed E-state index contributed by atoms with van der Waals surface area (Å²) >= 11 is 0. The van der Waals surface area contributed by atoms with Crippen LogP contribution in [0, 0.1) is 10.1 Å². The first-order valence-corrected chi connectivity index (χ1v) is 10.5. The summed E-state index contributed by atoms with van der Waals surface area (Å²) in [4.78, 5) is 42.7. The summed E-state index contributed by atoms with van der Waals surface area (Å²) in [5, 5.41) is 16.1. The van der Waals surface area contributed by atoms with Gasteiger partial charge >= 0.3 is 0 Å². The van der Waals surface area contributed by atoms with Crippen LogP contribution in [-0.4, -0.2) is 26.6 Å². The summed E-state index contributed by atoms with van der Waals surface area (Å²) in [6.45, 7) is 0.0582. The lowest BCUT2D eigenvalue weighted by atomic mass is 10.0. The van der Waals surface area contributed by atoms with Gasteiger partial charge in [0.1, 0.15) is 5.70 Å². The SMILES string of the molecule is O=C1C(Nc2cccc3ccccc23)=C(c2ccc([N+](=O)[O-])cc2)C(=O)N1Cc1cccnc1. The van der Waals surface area contributed by atoms with E-state index in [1.165, 1.54) is 24.3 Å². The Labute approximate surface area is 194 Å². The van der Waals surface area contributed by atoms with Crippen LogP contribution in [0.4, 0.5) is 11.4 Å². The number of fused-ring (bicyclic) bond motifs is 1. The summed E-state index contributed by atoms with van der Waals surface area (Å²) in [6.07, 6.45) is 3.22. The number of pyridine rings is 1. The monoisotopic (exact) mass is 450 g/mol. The number of non-ortho nitro benzene ring substituents is 1. The zero-order valence-electron chi connectivity index (χ0n) is 17.8. The third-order valence-corrected chi connectivity index (χ3v) is 5.65. The zero-order chi connectivity index (χ0) is 23.7. The molecule has 0 spiro atoms. The Balaban J connectivity index is 1.60. The van der Waals surface area contributed by atoms with E-state index in [9.17, 15) is 19.7 Å². The molecule has 8 heteroatoms. The van der Waals surface area contributed by atoms with Crippen molar-refractivity contribution in [2.75, 3.05) is 5.32 Å². The van der Waals surface area contributed by atoms with Crippen molar-refractivity contribution in [3.63, 3.8) is 0 Å². The Morgan fingerprint density at radius 1 is 0.882 bits per heavy atom. The molecule has 0 radical (unpaired) electrons. The largest absolute Gasteiger partial charge is 0.350 e. The highest BCUT2D eigenvalue weighted by Gasteiger charge is 2.39. The minimum Gasteiger partial charge on any atom is -0.350 e. The van der Waals surface area contributed by atoms with E-state index in [0.29, 0.717) is 16.8 Å². The Hall–Kier alpha value is -4.85. The maximum absolute atomic E-state index is 13.5. The molecule has 2 heterocycles. The Kier molecular flexibility index (Phi) is 5.31. The molecule has 1 aliphatic heterocycles. The fraction of sp³-hybridized carbons (Fsp3) is 0.0385.